The summed E-state index contributed by atoms with van der Waals surface area (Å²) < 4.78 is 8.00. The van der Waals surface area contributed by atoms with Crippen LogP contribution in [0.25, 0.3) is 11.0 Å². The molecule has 1 amide bonds. The van der Waals surface area contributed by atoms with Crippen molar-refractivity contribution in [1.29, 1.82) is 0 Å². The second-order valence-corrected chi connectivity index (χ2v) is 8.25. The number of nitrogens with zero attached hydrogens (tertiary/aromatic N) is 2. The molecule has 3 N–H and O–H groups in total. The van der Waals surface area contributed by atoms with E-state index in [0.717, 1.165) is 5.52 Å². The molecule has 5 rings (SSSR count). The minimum absolute atomic E-state index is 0.169. The summed E-state index contributed by atoms with van der Waals surface area (Å²) in [5, 5.41) is 24.5. The summed E-state index contributed by atoms with van der Waals surface area (Å²) in [5.74, 6) is 1.34. The van der Waals surface area contributed by atoms with Crippen LogP contribution >= 0.6 is 0 Å². The van der Waals surface area contributed by atoms with Gasteiger partial charge in [-0.05, 0) is 44.2 Å². The molecule has 0 fully saturated rings. The van der Waals surface area contributed by atoms with Gasteiger partial charge in [-0.25, -0.2) is 4.98 Å². The lowest BCUT2D eigenvalue weighted by Crippen LogP contribution is -2.35. The van der Waals surface area contributed by atoms with E-state index in [4.69, 9.17) is 9.72 Å². The number of hydrogen-bond donors (Lipinski definition) is 3. The number of aromatic nitrogens is 2. The molecular weight excluding hydrogens is 418 g/mol. The van der Waals surface area contributed by atoms with Crippen molar-refractivity contribution in [2.24, 2.45) is 0 Å². The number of amides is 1. The minimum Gasteiger partial charge on any atom is -0.457 e. The number of fused-ring (bicyclic) bond motifs is 3. The highest BCUT2D eigenvalue weighted by Gasteiger charge is 2.45. The Labute approximate surface area is 191 Å². The summed E-state index contributed by atoms with van der Waals surface area (Å²) in [6.07, 6.45) is -0.631. The molecule has 0 bridgehead atoms. The van der Waals surface area contributed by atoms with E-state index in [1.165, 1.54) is 0 Å². The number of aliphatic hydroxyl groups is 2. The maximum absolute atomic E-state index is 12.6. The molecule has 7 nitrogen and oxygen atoms in total. The summed E-state index contributed by atoms with van der Waals surface area (Å²) in [4.78, 5) is 17.4. The summed E-state index contributed by atoms with van der Waals surface area (Å²) in [6, 6.07) is 20.1. The lowest BCUT2D eigenvalue weighted by Gasteiger charge is -2.35. The van der Waals surface area contributed by atoms with Gasteiger partial charge in [0.1, 0.15) is 11.5 Å². The molecule has 0 saturated heterocycles. The lowest BCUT2D eigenvalue weighted by molar-refractivity contribution is 0.0924. The number of rotatable bonds is 5. The van der Waals surface area contributed by atoms with Gasteiger partial charge in [0.25, 0.3) is 5.91 Å². The Balaban J connectivity index is 1.70. The van der Waals surface area contributed by atoms with Gasteiger partial charge in [0.05, 0.1) is 17.1 Å². The number of carbonyl (C=O) groups is 1. The third-order valence-electron chi connectivity index (χ3n) is 5.98. The third-order valence-corrected chi connectivity index (χ3v) is 5.98. The van der Waals surface area contributed by atoms with Gasteiger partial charge >= 0.3 is 0 Å². The van der Waals surface area contributed by atoms with Crippen molar-refractivity contribution in [1.82, 2.24) is 14.9 Å². The van der Waals surface area contributed by atoms with Crippen molar-refractivity contribution < 1.29 is 19.7 Å². The first kappa shape index (κ1) is 21.2. The fourth-order valence-corrected chi connectivity index (χ4v) is 4.42. The molecule has 1 aliphatic heterocycles. The van der Waals surface area contributed by atoms with Crippen LogP contribution in [0.4, 0.5) is 0 Å². The molecule has 2 heterocycles. The lowest BCUT2D eigenvalue weighted by atomic mass is 9.82. The Morgan fingerprint density at radius 3 is 2.33 bits per heavy atom. The maximum atomic E-state index is 12.6. The topological polar surface area (TPSA) is 96.6 Å². The summed E-state index contributed by atoms with van der Waals surface area (Å²) in [6.45, 7) is 4.30. The first-order chi connectivity index (χ1) is 15.9. The number of ether oxygens (including phenoxy) is 1. The van der Waals surface area contributed by atoms with Crippen LogP contribution in [0.3, 0.4) is 0 Å². The molecule has 0 aliphatic carbocycles. The molecule has 168 valence electrons. The highest BCUT2D eigenvalue weighted by Crippen LogP contribution is 2.50. The average Bonchev–Trinajstić information content (AvgIpc) is 3.21. The fraction of sp³-hybridized carbons (Fsp3) is 0.231. The molecular formula is C26H25N3O4. The van der Waals surface area contributed by atoms with Gasteiger partial charge < -0.3 is 24.8 Å². The predicted molar refractivity (Wildman–Crippen MR) is 124 cm³/mol. The second-order valence-electron chi connectivity index (χ2n) is 8.25. The third kappa shape index (κ3) is 3.37. The Morgan fingerprint density at radius 1 is 1.09 bits per heavy atom. The Hall–Kier alpha value is -3.68. The van der Waals surface area contributed by atoms with Gasteiger partial charge in [-0.1, -0.05) is 36.4 Å². The first-order valence-corrected chi connectivity index (χ1v) is 11.0. The van der Waals surface area contributed by atoms with E-state index in [0.29, 0.717) is 46.1 Å². The van der Waals surface area contributed by atoms with Crippen LogP contribution in [-0.2, 0) is 12.1 Å². The summed E-state index contributed by atoms with van der Waals surface area (Å²) in [5.41, 5.74) is 1.58. The Kier molecular flexibility index (Phi) is 5.15. The van der Waals surface area contributed by atoms with Crippen molar-refractivity contribution >= 4 is 16.9 Å². The number of para-hydroxylation sites is 2. The molecule has 1 aromatic heterocycles. The summed E-state index contributed by atoms with van der Waals surface area (Å²) in [7, 11) is 0. The van der Waals surface area contributed by atoms with E-state index in [1.54, 1.807) is 25.1 Å². The molecule has 0 unspecified atom stereocenters. The number of benzene rings is 3. The zero-order valence-corrected chi connectivity index (χ0v) is 18.4. The standard InChI is InChI=1S/C26H25N3O4/c1-3-29-21-14-17(24(31)27-15-16(2)30)12-13-20(21)28-25(29)26(32)18-8-4-6-10-22(18)33-23-11-7-5-9-19(23)26/h4-14,16,30,32H,3,15H2,1-2H3,(H,27,31)/t16-/m1/s1. The predicted octanol–water partition coefficient (Wildman–Crippen LogP) is 3.56. The monoisotopic (exact) mass is 443 g/mol. The maximum Gasteiger partial charge on any atom is 0.251 e. The molecule has 3 aromatic carbocycles. The molecule has 1 aliphatic rings. The van der Waals surface area contributed by atoms with Crippen molar-refractivity contribution in [3.63, 3.8) is 0 Å². The molecule has 4 aromatic rings. The van der Waals surface area contributed by atoms with E-state index < -0.39 is 11.7 Å². The van der Waals surface area contributed by atoms with Crippen LogP contribution in [0.2, 0.25) is 0 Å². The highest BCUT2D eigenvalue weighted by molar-refractivity contribution is 5.97. The van der Waals surface area contributed by atoms with Gasteiger partial charge in [0.15, 0.2) is 11.4 Å². The number of imidazole rings is 1. The SMILES string of the molecule is CCn1c(C2(O)c3ccccc3Oc3ccccc32)nc2ccc(C(=O)NC[C@@H](C)O)cc21. The number of carbonyl (C=O) groups excluding carboxylic acids is 1. The van der Waals surface area contributed by atoms with E-state index in [1.807, 2.05) is 60.0 Å². The van der Waals surface area contributed by atoms with Crippen LogP contribution in [0, 0.1) is 0 Å². The minimum atomic E-state index is -1.53. The molecule has 0 spiro atoms. The van der Waals surface area contributed by atoms with Gasteiger partial charge in [0, 0.05) is 29.8 Å². The molecule has 0 radical (unpaired) electrons. The van der Waals surface area contributed by atoms with Gasteiger partial charge in [-0.3, -0.25) is 4.79 Å². The molecule has 33 heavy (non-hydrogen) atoms. The quantitative estimate of drug-likeness (QED) is 0.438. The number of aliphatic hydroxyl groups excluding tert-OH is 1. The Morgan fingerprint density at radius 2 is 1.73 bits per heavy atom. The largest absolute Gasteiger partial charge is 0.457 e. The van der Waals surface area contributed by atoms with E-state index >= 15 is 0 Å². The number of aryl methyl sites for hydroxylation is 1. The van der Waals surface area contributed by atoms with E-state index in [2.05, 4.69) is 5.32 Å². The highest BCUT2D eigenvalue weighted by atomic mass is 16.5. The second kappa shape index (κ2) is 8.03. The average molecular weight is 444 g/mol. The van der Waals surface area contributed by atoms with Gasteiger partial charge in [-0.15, -0.1) is 0 Å². The van der Waals surface area contributed by atoms with Crippen molar-refractivity contribution in [3.8, 4) is 11.5 Å². The molecule has 7 heteroatoms. The van der Waals surface area contributed by atoms with Gasteiger partial charge in [-0.2, -0.15) is 0 Å². The van der Waals surface area contributed by atoms with Crippen molar-refractivity contribution in [2.75, 3.05) is 6.54 Å². The van der Waals surface area contributed by atoms with E-state index in [-0.39, 0.29) is 12.5 Å². The molecule has 0 saturated carbocycles. The number of hydrogen-bond acceptors (Lipinski definition) is 5. The van der Waals surface area contributed by atoms with Crippen LogP contribution < -0.4 is 10.1 Å². The normalized spacial score (nSPS) is 14.8. The van der Waals surface area contributed by atoms with Crippen molar-refractivity contribution in [2.45, 2.75) is 32.1 Å². The zero-order chi connectivity index (χ0) is 23.2. The summed E-state index contributed by atoms with van der Waals surface area (Å²) >= 11 is 0. The molecule has 1 atom stereocenters. The Bertz CT molecular complexity index is 1310. The number of nitrogens with one attached hydrogen (secondary N) is 1. The van der Waals surface area contributed by atoms with Crippen molar-refractivity contribution in [3.05, 3.63) is 89.2 Å². The van der Waals surface area contributed by atoms with Gasteiger partial charge in [0.2, 0.25) is 0 Å². The van der Waals surface area contributed by atoms with Crippen LogP contribution in [0.5, 0.6) is 11.5 Å². The van der Waals surface area contributed by atoms with E-state index in [9.17, 15) is 15.0 Å². The smallest absolute Gasteiger partial charge is 0.251 e. The van der Waals surface area contributed by atoms with Crippen LogP contribution in [-0.4, -0.2) is 38.3 Å². The fourth-order valence-electron chi connectivity index (χ4n) is 4.42. The zero-order valence-electron chi connectivity index (χ0n) is 18.4. The van der Waals surface area contributed by atoms with Crippen LogP contribution in [0.1, 0.15) is 41.2 Å². The van der Waals surface area contributed by atoms with Crippen LogP contribution in [0.15, 0.2) is 66.7 Å². The first-order valence-electron chi connectivity index (χ1n) is 11.0.